The van der Waals surface area contributed by atoms with E-state index >= 15 is 0 Å². The average Bonchev–Trinajstić information content (AvgIpc) is 3.39. The molecule has 8 heteroatoms. The van der Waals surface area contributed by atoms with E-state index in [0.717, 1.165) is 48.8 Å². The number of nitrogens with zero attached hydrogens (tertiary/aromatic N) is 1. The quantitative estimate of drug-likeness (QED) is 0.186. The minimum Gasteiger partial charge on any atom is -0.465 e. The van der Waals surface area contributed by atoms with E-state index in [4.69, 9.17) is 9.47 Å². The van der Waals surface area contributed by atoms with Crippen molar-refractivity contribution in [3.8, 4) is 0 Å². The summed E-state index contributed by atoms with van der Waals surface area (Å²) in [7, 11) is -1.16. The SMILES string of the molecule is CCCCCC[C@@H]1[C@@H](c2ccc(C(=O)OC)cc2)N(S(=O)(=O)c2ccc(C)cc2)C[C@H]1c1ccc(C(=O)OC)cc1. The van der Waals surface area contributed by atoms with Crippen LogP contribution in [0, 0.1) is 12.8 Å². The highest BCUT2D eigenvalue weighted by molar-refractivity contribution is 7.89. The standard InChI is InChI=1S/C33H39NO6S/c1-5-6-7-8-9-29-30(24-12-16-26(17-13-24)32(35)39-3)22-34(41(37,38)28-20-10-23(2)11-21-28)31(29)25-14-18-27(19-15-25)33(36)40-4/h10-21,29-31H,5-9,22H2,1-4H3/t29-,30-,31+/m0/s1. The molecule has 1 aliphatic rings. The van der Waals surface area contributed by atoms with Gasteiger partial charge in [0.05, 0.1) is 36.3 Å². The zero-order chi connectivity index (χ0) is 29.6. The monoisotopic (exact) mass is 577 g/mol. The van der Waals surface area contributed by atoms with Crippen LogP contribution in [0.25, 0.3) is 0 Å². The molecular formula is C33H39NO6S. The number of unbranched alkanes of at least 4 members (excludes halogenated alkanes) is 3. The van der Waals surface area contributed by atoms with Gasteiger partial charge in [-0.3, -0.25) is 0 Å². The Labute approximate surface area is 243 Å². The summed E-state index contributed by atoms with van der Waals surface area (Å²) < 4.78 is 39.8. The van der Waals surface area contributed by atoms with Gasteiger partial charge in [-0.1, -0.05) is 74.6 Å². The first-order valence-corrected chi connectivity index (χ1v) is 15.6. The maximum Gasteiger partial charge on any atom is 0.337 e. The van der Waals surface area contributed by atoms with Gasteiger partial charge in [-0.25, -0.2) is 18.0 Å². The molecule has 218 valence electrons. The lowest BCUT2D eigenvalue weighted by Crippen LogP contribution is -2.32. The van der Waals surface area contributed by atoms with Crippen LogP contribution >= 0.6 is 0 Å². The van der Waals surface area contributed by atoms with Crippen molar-refractivity contribution in [2.45, 2.75) is 62.8 Å². The summed E-state index contributed by atoms with van der Waals surface area (Å²) in [6.07, 6.45) is 5.11. The van der Waals surface area contributed by atoms with E-state index in [2.05, 4.69) is 6.92 Å². The Morgan fingerprint density at radius 2 is 1.32 bits per heavy atom. The molecule has 7 nitrogen and oxygen atoms in total. The Balaban J connectivity index is 1.81. The fourth-order valence-corrected chi connectivity index (χ4v) is 7.50. The predicted octanol–water partition coefficient (Wildman–Crippen LogP) is 6.68. The molecule has 0 aliphatic carbocycles. The summed E-state index contributed by atoms with van der Waals surface area (Å²) in [5.74, 6) is -0.952. The van der Waals surface area contributed by atoms with Gasteiger partial charge < -0.3 is 9.47 Å². The first kappa shape index (κ1) is 30.5. The molecule has 0 aromatic heterocycles. The number of carbonyl (C=O) groups is 2. The molecule has 0 amide bonds. The van der Waals surface area contributed by atoms with Gasteiger partial charge in [-0.05, 0) is 66.8 Å². The zero-order valence-electron chi connectivity index (χ0n) is 24.2. The predicted molar refractivity (Wildman–Crippen MR) is 158 cm³/mol. The minimum atomic E-state index is -3.85. The highest BCUT2D eigenvalue weighted by Gasteiger charge is 2.48. The molecule has 0 saturated carbocycles. The van der Waals surface area contributed by atoms with Crippen molar-refractivity contribution < 1.29 is 27.5 Å². The summed E-state index contributed by atoms with van der Waals surface area (Å²) in [6, 6.07) is 20.9. The van der Waals surface area contributed by atoms with Crippen molar-refractivity contribution in [2.75, 3.05) is 20.8 Å². The molecule has 0 spiro atoms. The van der Waals surface area contributed by atoms with Gasteiger partial charge >= 0.3 is 11.9 Å². The largest absolute Gasteiger partial charge is 0.465 e. The summed E-state index contributed by atoms with van der Waals surface area (Å²) in [6.45, 7) is 4.40. The van der Waals surface area contributed by atoms with Gasteiger partial charge in [-0.15, -0.1) is 0 Å². The maximum atomic E-state index is 14.2. The molecule has 3 aromatic carbocycles. The van der Waals surface area contributed by atoms with Crippen LogP contribution in [-0.4, -0.2) is 45.4 Å². The Morgan fingerprint density at radius 1 is 0.780 bits per heavy atom. The van der Waals surface area contributed by atoms with Crippen LogP contribution in [0.5, 0.6) is 0 Å². The number of ether oxygens (including phenoxy) is 2. The normalized spacial score (nSPS) is 19.2. The molecule has 4 rings (SSSR count). The van der Waals surface area contributed by atoms with Crippen molar-refractivity contribution in [3.05, 3.63) is 101 Å². The topological polar surface area (TPSA) is 90.0 Å². The second-order valence-electron chi connectivity index (χ2n) is 10.7. The lowest BCUT2D eigenvalue weighted by atomic mass is 9.79. The molecule has 3 aromatic rings. The summed E-state index contributed by atoms with van der Waals surface area (Å²) in [4.78, 5) is 24.4. The van der Waals surface area contributed by atoms with Crippen LogP contribution in [0.4, 0.5) is 0 Å². The first-order chi connectivity index (χ1) is 19.7. The molecule has 3 atom stereocenters. The summed E-state index contributed by atoms with van der Waals surface area (Å²) >= 11 is 0. The van der Waals surface area contributed by atoms with Crippen molar-refractivity contribution in [2.24, 2.45) is 5.92 Å². The van der Waals surface area contributed by atoms with Gasteiger partial charge in [0.1, 0.15) is 0 Å². The molecule has 0 bridgehead atoms. The molecule has 0 N–H and O–H groups in total. The number of carbonyl (C=O) groups excluding carboxylic acids is 2. The fraction of sp³-hybridized carbons (Fsp3) is 0.394. The number of hydrogen-bond donors (Lipinski definition) is 0. The van der Waals surface area contributed by atoms with Crippen LogP contribution < -0.4 is 0 Å². The van der Waals surface area contributed by atoms with E-state index in [1.54, 1.807) is 40.7 Å². The Morgan fingerprint density at radius 3 is 1.83 bits per heavy atom. The van der Waals surface area contributed by atoms with Gasteiger partial charge in [-0.2, -0.15) is 4.31 Å². The second kappa shape index (κ2) is 13.4. The van der Waals surface area contributed by atoms with E-state index in [1.807, 2.05) is 43.3 Å². The first-order valence-electron chi connectivity index (χ1n) is 14.2. The highest BCUT2D eigenvalue weighted by atomic mass is 32.2. The summed E-state index contributed by atoms with van der Waals surface area (Å²) in [5, 5.41) is 0. The Kier molecular flexibility index (Phi) is 9.99. The third-order valence-electron chi connectivity index (χ3n) is 8.06. The van der Waals surface area contributed by atoms with E-state index in [1.165, 1.54) is 14.2 Å². The van der Waals surface area contributed by atoms with E-state index in [9.17, 15) is 18.0 Å². The van der Waals surface area contributed by atoms with Gasteiger partial charge in [0.25, 0.3) is 0 Å². The van der Waals surface area contributed by atoms with Gasteiger partial charge in [0.2, 0.25) is 10.0 Å². The Bertz CT molecular complexity index is 1430. The third-order valence-corrected chi connectivity index (χ3v) is 9.92. The zero-order valence-corrected chi connectivity index (χ0v) is 25.0. The molecule has 41 heavy (non-hydrogen) atoms. The smallest absolute Gasteiger partial charge is 0.337 e. The molecule has 1 heterocycles. The average molecular weight is 578 g/mol. The molecule has 1 aliphatic heterocycles. The molecule has 0 radical (unpaired) electrons. The van der Waals surface area contributed by atoms with Gasteiger partial charge in [0, 0.05) is 12.5 Å². The fourth-order valence-electron chi connectivity index (χ4n) is 5.82. The number of hydrogen-bond acceptors (Lipinski definition) is 6. The number of esters is 2. The van der Waals surface area contributed by atoms with Crippen LogP contribution in [-0.2, 0) is 19.5 Å². The van der Waals surface area contributed by atoms with Crippen molar-refractivity contribution in [1.82, 2.24) is 4.31 Å². The molecule has 0 unspecified atom stereocenters. The lowest BCUT2D eigenvalue weighted by molar-refractivity contribution is 0.0592. The summed E-state index contributed by atoms with van der Waals surface area (Å²) in [5.41, 5.74) is 3.67. The van der Waals surface area contributed by atoms with Crippen LogP contribution in [0.3, 0.4) is 0 Å². The molecule has 1 saturated heterocycles. The van der Waals surface area contributed by atoms with Crippen LogP contribution in [0.2, 0.25) is 0 Å². The molecular weight excluding hydrogens is 538 g/mol. The second-order valence-corrected chi connectivity index (χ2v) is 12.6. The van der Waals surface area contributed by atoms with E-state index in [-0.39, 0.29) is 16.7 Å². The molecule has 1 fully saturated rings. The number of methoxy groups -OCH3 is 2. The number of sulfonamides is 1. The van der Waals surface area contributed by atoms with Gasteiger partial charge in [0.15, 0.2) is 0 Å². The van der Waals surface area contributed by atoms with E-state index in [0.29, 0.717) is 17.7 Å². The van der Waals surface area contributed by atoms with Crippen molar-refractivity contribution in [1.29, 1.82) is 0 Å². The van der Waals surface area contributed by atoms with Crippen LogP contribution in [0.1, 0.15) is 88.4 Å². The maximum absolute atomic E-state index is 14.2. The Hall–Kier alpha value is -3.49. The number of aryl methyl sites for hydroxylation is 1. The van der Waals surface area contributed by atoms with Crippen LogP contribution in [0.15, 0.2) is 77.7 Å². The van der Waals surface area contributed by atoms with E-state index < -0.39 is 28.0 Å². The number of benzene rings is 3. The number of rotatable bonds is 11. The minimum absolute atomic E-state index is 0.0139. The van der Waals surface area contributed by atoms with Crippen molar-refractivity contribution in [3.63, 3.8) is 0 Å². The lowest BCUT2D eigenvalue weighted by Gasteiger charge is -2.29. The third kappa shape index (κ3) is 6.71. The highest BCUT2D eigenvalue weighted by Crippen LogP contribution is 2.50. The van der Waals surface area contributed by atoms with Crippen molar-refractivity contribution >= 4 is 22.0 Å².